The Bertz CT molecular complexity index is 944. The third-order valence-corrected chi connectivity index (χ3v) is 6.73. The Labute approximate surface area is 177 Å². The molecule has 1 amide bonds. The first-order valence-electron chi connectivity index (χ1n) is 10.8. The Balaban J connectivity index is 1.39. The monoisotopic (exact) mass is 407 g/mol. The SMILES string of the molecule is Cc1cc(C)c(C2C(=O)CC(CC3CCN(C(=O)c4ccco4)CC3)C2=O)c(C)c1. The molecule has 0 spiro atoms. The minimum absolute atomic E-state index is 0.0606. The molecule has 2 heterocycles. The highest BCUT2D eigenvalue weighted by molar-refractivity contribution is 6.15. The molecule has 5 nitrogen and oxygen atoms in total. The van der Waals surface area contributed by atoms with Crippen LogP contribution in [0.2, 0.25) is 0 Å². The molecule has 1 aromatic carbocycles. The average molecular weight is 408 g/mol. The van der Waals surface area contributed by atoms with Crippen LogP contribution in [0.15, 0.2) is 34.9 Å². The van der Waals surface area contributed by atoms with Gasteiger partial charge in [-0.2, -0.15) is 0 Å². The van der Waals surface area contributed by atoms with Gasteiger partial charge in [0.2, 0.25) is 0 Å². The van der Waals surface area contributed by atoms with Crippen molar-refractivity contribution in [1.82, 2.24) is 4.90 Å². The van der Waals surface area contributed by atoms with Crippen LogP contribution in [0.1, 0.15) is 64.4 Å². The Morgan fingerprint density at radius 1 is 1.10 bits per heavy atom. The number of carbonyl (C=O) groups is 3. The summed E-state index contributed by atoms with van der Waals surface area (Å²) in [5.41, 5.74) is 4.13. The van der Waals surface area contributed by atoms with E-state index >= 15 is 0 Å². The van der Waals surface area contributed by atoms with Gasteiger partial charge in [0, 0.05) is 25.4 Å². The van der Waals surface area contributed by atoms with Gasteiger partial charge in [-0.15, -0.1) is 0 Å². The van der Waals surface area contributed by atoms with Gasteiger partial charge in [-0.1, -0.05) is 17.7 Å². The summed E-state index contributed by atoms with van der Waals surface area (Å²) in [4.78, 5) is 40.3. The predicted molar refractivity (Wildman–Crippen MR) is 113 cm³/mol. The highest BCUT2D eigenvalue weighted by atomic mass is 16.3. The van der Waals surface area contributed by atoms with Gasteiger partial charge in [-0.25, -0.2) is 0 Å². The van der Waals surface area contributed by atoms with Gasteiger partial charge in [0.1, 0.15) is 11.7 Å². The summed E-state index contributed by atoms with van der Waals surface area (Å²) in [6.45, 7) is 7.36. The molecule has 30 heavy (non-hydrogen) atoms. The predicted octanol–water partition coefficient (Wildman–Crippen LogP) is 4.39. The number of hydrogen-bond acceptors (Lipinski definition) is 4. The van der Waals surface area contributed by atoms with Crippen molar-refractivity contribution in [3.8, 4) is 0 Å². The molecule has 2 fully saturated rings. The van der Waals surface area contributed by atoms with Crippen LogP contribution in [0.5, 0.6) is 0 Å². The van der Waals surface area contributed by atoms with E-state index in [1.165, 1.54) is 6.26 Å². The third-order valence-electron chi connectivity index (χ3n) is 6.73. The number of rotatable bonds is 4. The van der Waals surface area contributed by atoms with Crippen LogP contribution >= 0.6 is 0 Å². The molecule has 2 aromatic rings. The molecule has 4 rings (SSSR count). The molecule has 1 saturated carbocycles. The molecule has 1 aromatic heterocycles. The van der Waals surface area contributed by atoms with Crippen LogP contribution in [-0.4, -0.2) is 35.5 Å². The van der Waals surface area contributed by atoms with E-state index < -0.39 is 5.92 Å². The lowest BCUT2D eigenvalue weighted by Gasteiger charge is -2.32. The number of likely N-dealkylation sites (tertiary alicyclic amines) is 1. The van der Waals surface area contributed by atoms with E-state index in [1.54, 1.807) is 12.1 Å². The van der Waals surface area contributed by atoms with Crippen molar-refractivity contribution in [2.75, 3.05) is 13.1 Å². The molecular weight excluding hydrogens is 378 g/mol. The van der Waals surface area contributed by atoms with Crippen molar-refractivity contribution in [2.45, 2.75) is 52.4 Å². The normalized spacial score (nSPS) is 22.7. The standard InChI is InChI=1S/C25H29NO4/c1-15-11-16(2)22(17(3)12-15)23-20(27)14-19(24(23)28)13-18-6-8-26(9-7-18)25(29)21-5-4-10-30-21/h4-5,10-12,18-19,23H,6-9,13-14H2,1-3H3. The number of benzene rings is 1. The number of aryl methyl sites for hydroxylation is 3. The second-order valence-corrected chi connectivity index (χ2v) is 8.96. The van der Waals surface area contributed by atoms with E-state index in [2.05, 4.69) is 12.1 Å². The molecular formula is C25H29NO4. The number of amides is 1. The number of piperidine rings is 1. The molecule has 1 aliphatic carbocycles. The van der Waals surface area contributed by atoms with Gasteiger partial charge in [-0.3, -0.25) is 14.4 Å². The van der Waals surface area contributed by atoms with Gasteiger partial charge in [0.05, 0.1) is 6.26 Å². The largest absolute Gasteiger partial charge is 0.459 e. The first kappa shape index (κ1) is 20.6. The summed E-state index contributed by atoms with van der Waals surface area (Å²) >= 11 is 0. The summed E-state index contributed by atoms with van der Waals surface area (Å²) in [5, 5.41) is 0. The van der Waals surface area contributed by atoms with Gasteiger partial charge < -0.3 is 9.32 Å². The average Bonchev–Trinajstić information content (AvgIpc) is 3.32. The molecule has 2 unspecified atom stereocenters. The fourth-order valence-electron chi connectivity index (χ4n) is 5.34. The maximum atomic E-state index is 13.2. The van der Waals surface area contributed by atoms with Crippen LogP contribution in [0.3, 0.4) is 0 Å². The molecule has 2 atom stereocenters. The van der Waals surface area contributed by atoms with Crippen molar-refractivity contribution < 1.29 is 18.8 Å². The van der Waals surface area contributed by atoms with Gasteiger partial charge >= 0.3 is 0 Å². The molecule has 0 bridgehead atoms. The maximum Gasteiger partial charge on any atom is 0.289 e. The van der Waals surface area contributed by atoms with E-state index in [0.717, 1.165) is 41.5 Å². The summed E-state index contributed by atoms with van der Waals surface area (Å²) < 4.78 is 5.22. The fraction of sp³-hybridized carbons (Fsp3) is 0.480. The Morgan fingerprint density at radius 2 is 1.77 bits per heavy atom. The van der Waals surface area contributed by atoms with Crippen LogP contribution in [0.4, 0.5) is 0 Å². The quantitative estimate of drug-likeness (QED) is 0.705. The highest BCUT2D eigenvalue weighted by Crippen LogP contribution is 2.40. The number of ketones is 2. The second-order valence-electron chi connectivity index (χ2n) is 8.96. The minimum atomic E-state index is -0.601. The lowest BCUT2D eigenvalue weighted by Crippen LogP contribution is -2.38. The van der Waals surface area contributed by atoms with Gasteiger partial charge in [0.25, 0.3) is 5.91 Å². The van der Waals surface area contributed by atoms with Gasteiger partial charge in [0.15, 0.2) is 11.5 Å². The number of furan rings is 1. The van der Waals surface area contributed by atoms with Crippen molar-refractivity contribution in [3.05, 3.63) is 58.5 Å². The topological polar surface area (TPSA) is 67.6 Å². The summed E-state index contributed by atoms with van der Waals surface area (Å²) in [6, 6.07) is 7.52. The van der Waals surface area contributed by atoms with E-state index in [4.69, 9.17) is 4.42 Å². The molecule has 1 aliphatic heterocycles. The summed E-state index contributed by atoms with van der Waals surface area (Å²) in [6.07, 6.45) is 4.32. The molecule has 158 valence electrons. The van der Waals surface area contributed by atoms with Crippen molar-refractivity contribution in [3.63, 3.8) is 0 Å². The van der Waals surface area contributed by atoms with E-state index in [1.807, 2.05) is 25.7 Å². The van der Waals surface area contributed by atoms with E-state index in [-0.39, 0.29) is 23.4 Å². The zero-order valence-electron chi connectivity index (χ0n) is 17.9. The third kappa shape index (κ3) is 3.85. The van der Waals surface area contributed by atoms with E-state index in [0.29, 0.717) is 31.2 Å². The lowest BCUT2D eigenvalue weighted by molar-refractivity contribution is -0.125. The van der Waals surface area contributed by atoms with Crippen molar-refractivity contribution in [2.24, 2.45) is 11.8 Å². The maximum absolute atomic E-state index is 13.2. The Morgan fingerprint density at radius 3 is 2.37 bits per heavy atom. The number of Topliss-reactive ketones (excluding diaryl/α,β-unsaturated/α-hetero) is 2. The molecule has 5 heteroatoms. The van der Waals surface area contributed by atoms with Crippen LogP contribution in [-0.2, 0) is 9.59 Å². The summed E-state index contributed by atoms with van der Waals surface area (Å²) in [7, 11) is 0. The zero-order valence-corrected chi connectivity index (χ0v) is 17.9. The minimum Gasteiger partial charge on any atom is -0.459 e. The zero-order chi connectivity index (χ0) is 21.4. The fourth-order valence-corrected chi connectivity index (χ4v) is 5.34. The molecule has 0 N–H and O–H groups in total. The lowest BCUT2D eigenvalue weighted by atomic mass is 9.83. The first-order chi connectivity index (χ1) is 14.3. The van der Waals surface area contributed by atoms with Crippen LogP contribution in [0.25, 0.3) is 0 Å². The molecule has 2 aliphatic rings. The first-order valence-corrected chi connectivity index (χ1v) is 10.8. The number of carbonyl (C=O) groups excluding carboxylic acids is 3. The Hall–Kier alpha value is -2.69. The smallest absolute Gasteiger partial charge is 0.289 e. The van der Waals surface area contributed by atoms with Crippen molar-refractivity contribution >= 4 is 17.5 Å². The van der Waals surface area contributed by atoms with E-state index in [9.17, 15) is 14.4 Å². The second kappa shape index (κ2) is 8.21. The highest BCUT2D eigenvalue weighted by Gasteiger charge is 2.44. The summed E-state index contributed by atoms with van der Waals surface area (Å²) in [5.74, 6) is 0.0183. The van der Waals surface area contributed by atoms with Crippen LogP contribution < -0.4 is 0 Å². The van der Waals surface area contributed by atoms with Crippen LogP contribution in [0, 0.1) is 32.6 Å². The Kier molecular flexibility index (Phi) is 5.63. The molecule has 0 radical (unpaired) electrons. The van der Waals surface area contributed by atoms with Crippen molar-refractivity contribution in [1.29, 1.82) is 0 Å². The molecule has 1 saturated heterocycles. The number of nitrogens with zero attached hydrogens (tertiary/aromatic N) is 1. The number of hydrogen-bond donors (Lipinski definition) is 0. The van der Waals surface area contributed by atoms with Gasteiger partial charge in [-0.05, 0) is 74.8 Å².